The summed E-state index contributed by atoms with van der Waals surface area (Å²) in [5.74, 6) is 1.03. The van der Waals surface area contributed by atoms with Gasteiger partial charge in [-0.2, -0.15) is 0 Å². The Morgan fingerprint density at radius 3 is 2.77 bits per heavy atom. The van der Waals surface area contributed by atoms with Crippen molar-refractivity contribution in [3.05, 3.63) is 24.2 Å². The Kier molecular flexibility index (Phi) is 3.29. The first-order chi connectivity index (χ1) is 6.08. The summed E-state index contributed by atoms with van der Waals surface area (Å²) in [5.41, 5.74) is 0.0448. The van der Waals surface area contributed by atoms with Crippen LogP contribution in [0.4, 0.5) is 0 Å². The second-order valence-electron chi connectivity index (χ2n) is 4.10. The number of hydrogen-bond donors (Lipinski definition) is 0. The lowest BCUT2D eigenvalue weighted by Crippen LogP contribution is -2.09. The van der Waals surface area contributed by atoms with Crippen LogP contribution in [0.2, 0.25) is 0 Å². The van der Waals surface area contributed by atoms with Crippen molar-refractivity contribution >= 4 is 6.21 Å². The molecule has 0 fully saturated rings. The molecule has 0 bridgehead atoms. The van der Waals surface area contributed by atoms with Crippen LogP contribution >= 0.6 is 0 Å². The summed E-state index contributed by atoms with van der Waals surface area (Å²) in [6.07, 6.45) is 5.57. The van der Waals surface area contributed by atoms with Crippen molar-refractivity contribution in [2.24, 2.45) is 4.99 Å². The fourth-order valence-electron chi connectivity index (χ4n) is 1.00. The van der Waals surface area contributed by atoms with Crippen molar-refractivity contribution in [1.82, 2.24) is 0 Å². The lowest BCUT2D eigenvalue weighted by molar-refractivity contribution is 0.511. The highest BCUT2D eigenvalue weighted by molar-refractivity contribution is 5.58. The first-order valence-corrected chi connectivity index (χ1v) is 4.64. The molecule has 0 N–H and O–H groups in total. The van der Waals surface area contributed by atoms with E-state index in [1.54, 1.807) is 6.26 Å². The first kappa shape index (κ1) is 10.0. The van der Waals surface area contributed by atoms with Gasteiger partial charge in [0.15, 0.2) is 0 Å². The molecule has 1 aromatic heterocycles. The van der Waals surface area contributed by atoms with Crippen LogP contribution in [0.3, 0.4) is 0 Å². The summed E-state index contributed by atoms with van der Waals surface area (Å²) in [5, 5.41) is 0. The third kappa shape index (κ3) is 4.51. The summed E-state index contributed by atoms with van der Waals surface area (Å²) in [4.78, 5) is 4.39. The fourth-order valence-corrected chi connectivity index (χ4v) is 1.00. The van der Waals surface area contributed by atoms with Crippen LogP contribution in [0.15, 0.2) is 27.8 Å². The van der Waals surface area contributed by atoms with Gasteiger partial charge in [-0.15, -0.1) is 0 Å². The molecule has 0 unspecified atom stereocenters. The highest BCUT2D eigenvalue weighted by atomic mass is 16.3. The van der Waals surface area contributed by atoms with Crippen LogP contribution in [0, 0.1) is 0 Å². The van der Waals surface area contributed by atoms with Gasteiger partial charge in [0.05, 0.1) is 11.8 Å². The van der Waals surface area contributed by atoms with Gasteiger partial charge in [0, 0.05) is 6.42 Å². The topological polar surface area (TPSA) is 25.5 Å². The van der Waals surface area contributed by atoms with Crippen molar-refractivity contribution < 1.29 is 4.42 Å². The van der Waals surface area contributed by atoms with Crippen molar-refractivity contribution in [3.8, 4) is 0 Å². The summed E-state index contributed by atoms with van der Waals surface area (Å²) < 4.78 is 5.20. The Morgan fingerprint density at radius 1 is 1.46 bits per heavy atom. The molecule has 72 valence electrons. The normalized spacial score (nSPS) is 12.5. The summed E-state index contributed by atoms with van der Waals surface area (Å²) >= 11 is 0. The summed E-state index contributed by atoms with van der Waals surface area (Å²) in [7, 11) is 0. The number of hydrogen-bond acceptors (Lipinski definition) is 2. The molecular weight excluding hydrogens is 162 g/mol. The van der Waals surface area contributed by atoms with Crippen molar-refractivity contribution in [3.63, 3.8) is 0 Å². The van der Waals surface area contributed by atoms with E-state index in [4.69, 9.17) is 4.42 Å². The number of furan rings is 1. The minimum absolute atomic E-state index is 0.0448. The molecule has 0 aromatic carbocycles. The highest BCUT2D eigenvalue weighted by Gasteiger charge is 2.03. The molecule has 13 heavy (non-hydrogen) atoms. The lowest BCUT2D eigenvalue weighted by atomic mass is 10.1. The molecule has 0 aliphatic heterocycles. The van der Waals surface area contributed by atoms with Gasteiger partial charge < -0.3 is 4.42 Å². The lowest BCUT2D eigenvalue weighted by Gasteiger charge is -2.10. The third-order valence-electron chi connectivity index (χ3n) is 1.58. The van der Waals surface area contributed by atoms with Crippen LogP contribution < -0.4 is 0 Å². The van der Waals surface area contributed by atoms with E-state index >= 15 is 0 Å². The van der Waals surface area contributed by atoms with Crippen LogP contribution in [0.1, 0.15) is 33.0 Å². The highest BCUT2D eigenvalue weighted by Crippen LogP contribution is 2.06. The standard InChI is InChI=1S/C11H17NO/c1-11(2,3)12-8-4-6-10-7-5-9-13-10/h5,7-9H,4,6H2,1-3H3. The monoisotopic (exact) mass is 179 g/mol. The molecule has 1 heterocycles. The molecule has 0 aliphatic carbocycles. The Balaban J connectivity index is 2.25. The number of aliphatic imine (C=N–C) groups is 1. The molecule has 0 aliphatic rings. The van der Waals surface area contributed by atoms with Gasteiger partial charge in [0.2, 0.25) is 0 Å². The maximum Gasteiger partial charge on any atom is 0.104 e. The smallest absolute Gasteiger partial charge is 0.104 e. The molecule has 0 amide bonds. The molecule has 0 atom stereocenters. The van der Waals surface area contributed by atoms with Gasteiger partial charge in [-0.3, -0.25) is 4.99 Å². The van der Waals surface area contributed by atoms with Crippen molar-refractivity contribution in [2.45, 2.75) is 39.2 Å². The average molecular weight is 179 g/mol. The molecular formula is C11H17NO. The van der Waals surface area contributed by atoms with E-state index in [0.29, 0.717) is 0 Å². The Hall–Kier alpha value is -1.05. The van der Waals surface area contributed by atoms with Gasteiger partial charge in [0.1, 0.15) is 5.76 Å². The molecule has 2 nitrogen and oxygen atoms in total. The van der Waals surface area contributed by atoms with Gasteiger partial charge in [0.25, 0.3) is 0 Å². The molecule has 0 radical (unpaired) electrons. The average Bonchev–Trinajstić information content (AvgIpc) is 2.48. The SMILES string of the molecule is CC(C)(C)N=CCCc1ccco1. The van der Waals surface area contributed by atoms with E-state index in [2.05, 4.69) is 25.8 Å². The van der Waals surface area contributed by atoms with E-state index in [0.717, 1.165) is 18.6 Å². The maximum atomic E-state index is 5.20. The minimum Gasteiger partial charge on any atom is -0.469 e. The van der Waals surface area contributed by atoms with Crippen LogP contribution in [0.25, 0.3) is 0 Å². The minimum atomic E-state index is 0.0448. The van der Waals surface area contributed by atoms with Crippen molar-refractivity contribution in [1.29, 1.82) is 0 Å². The predicted octanol–water partition coefficient (Wildman–Crippen LogP) is 3.08. The number of aryl methyl sites for hydroxylation is 1. The zero-order valence-corrected chi connectivity index (χ0v) is 8.58. The van der Waals surface area contributed by atoms with Gasteiger partial charge in [-0.05, 0) is 45.5 Å². The molecule has 0 saturated heterocycles. The van der Waals surface area contributed by atoms with Crippen molar-refractivity contribution in [2.75, 3.05) is 0 Å². The molecule has 1 rings (SSSR count). The van der Waals surface area contributed by atoms with Crippen LogP contribution in [0.5, 0.6) is 0 Å². The van der Waals surface area contributed by atoms with Gasteiger partial charge >= 0.3 is 0 Å². The first-order valence-electron chi connectivity index (χ1n) is 4.64. The fraction of sp³-hybridized carbons (Fsp3) is 0.545. The summed E-state index contributed by atoms with van der Waals surface area (Å²) in [6.45, 7) is 6.28. The quantitative estimate of drug-likeness (QED) is 0.655. The molecule has 1 aromatic rings. The van der Waals surface area contributed by atoms with E-state index in [-0.39, 0.29) is 5.54 Å². The van der Waals surface area contributed by atoms with Gasteiger partial charge in [-0.25, -0.2) is 0 Å². The Labute approximate surface area is 79.7 Å². The Bertz CT molecular complexity index is 254. The van der Waals surface area contributed by atoms with E-state index in [1.807, 2.05) is 18.3 Å². The second-order valence-corrected chi connectivity index (χ2v) is 4.10. The van der Waals surface area contributed by atoms with Crippen LogP contribution in [-0.2, 0) is 6.42 Å². The van der Waals surface area contributed by atoms with E-state index in [1.165, 1.54) is 0 Å². The molecule has 0 spiro atoms. The third-order valence-corrected chi connectivity index (χ3v) is 1.58. The number of rotatable bonds is 3. The molecule has 0 saturated carbocycles. The second kappa shape index (κ2) is 4.26. The zero-order valence-electron chi connectivity index (χ0n) is 8.58. The van der Waals surface area contributed by atoms with Crippen LogP contribution in [-0.4, -0.2) is 11.8 Å². The maximum absolute atomic E-state index is 5.20. The summed E-state index contributed by atoms with van der Waals surface area (Å²) in [6, 6.07) is 3.90. The largest absolute Gasteiger partial charge is 0.469 e. The zero-order chi connectivity index (χ0) is 9.73. The molecule has 2 heteroatoms. The van der Waals surface area contributed by atoms with E-state index in [9.17, 15) is 0 Å². The Morgan fingerprint density at radius 2 is 2.23 bits per heavy atom. The predicted molar refractivity (Wildman–Crippen MR) is 55.3 cm³/mol. The number of nitrogens with zero attached hydrogens (tertiary/aromatic N) is 1. The van der Waals surface area contributed by atoms with E-state index < -0.39 is 0 Å². The van der Waals surface area contributed by atoms with Gasteiger partial charge in [-0.1, -0.05) is 0 Å².